The summed E-state index contributed by atoms with van der Waals surface area (Å²) < 4.78 is 52.2. The summed E-state index contributed by atoms with van der Waals surface area (Å²) in [7, 11) is 0.500. The first-order valence-electron chi connectivity index (χ1n) is 6.81. The molecule has 0 spiro atoms. The number of ether oxygens (including phenoxy) is 4. The molecule has 0 atom stereocenters. The topological polar surface area (TPSA) is 36.9 Å². The average molecular weight is 326 g/mol. The molecule has 0 radical (unpaired) electrons. The maximum absolute atomic E-state index is 11.4. The molecule has 2 heterocycles. The van der Waals surface area contributed by atoms with Gasteiger partial charge in [0.2, 0.25) is 0 Å². The molecular formula is C15H25F3O4. The van der Waals surface area contributed by atoms with Gasteiger partial charge in [-0.1, -0.05) is 0 Å². The molecule has 0 N–H and O–H groups in total. The fraction of sp³-hybridized carbons (Fsp3) is 0.733. The quantitative estimate of drug-likeness (QED) is 0.655. The molecule has 2 aliphatic rings. The van der Waals surface area contributed by atoms with Crippen LogP contribution in [0.2, 0.25) is 0 Å². The molecule has 22 heavy (non-hydrogen) atoms. The molecule has 0 amide bonds. The minimum Gasteiger partial charge on any atom is -0.458 e. The van der Waals surface area contributed by atoms with Gasteiger partial charge in [-0.25, -0.2) is 0 Å². The van der Waals surface area contributed by atoms with Crippen LogP contribution < -0.4 is 0 Å². The van der Waals surface area contributed by atoms with Crippen molar-refractivity contribution in [3.8, 4) is 0 Å². The Labute approximate surface area is 129 Å². The average Bonchev–Trinajstić information content (AvgIpc) is 3.00. The van der Waals surface area contributed by atoms with Gasteiger partial charge in [-0.3, -0.25) is 4.39 Å². The van der Waals surface area contributed by atoms with Crippen molar-refractivity contribution in [1.82, 2.24) is 0 Å². The van der Waals surface area contributed by atoms with E-state index in [1.807, 2.05) is 41.5 Å². The highest BCUT2D eigenvalue weighted by Crippen LogP contribution is 2.40. The highest BCUT2D eigenvalue weighted by Gasteiger charge is 2.48. The number of hydrogen-bond acceptors (Lipinski definition) is 4. The van der Waals surface area contributed by atoms with Crippen LogP contribution in [0.5, 0.6) is 0 Å². The van der Waals surface area contributed by atoms with Gasteiger partial charge in [-0.15, -0.1) is 0 Å². The van der Waals surface area contributed by atoms with Crippen molar-refractivity contribution in [2.24, 2.45) is 0 Å². The molecule has 0 aliphatic carbocycles. The summed E-state index contributed by atoms with van der Waals surface area (Å²) in [4.78, 5) is 0. The number of allylic oxidation sites excluding steroid dienone is 1. The number of alkyl halides is 1. The second-order valence-corrected chi connectivity index (χ2v) is 5.76. The van der Waals surface area contributed by atoms with Gasteiger partial charge in [0, 0.05) is 5.57 Å². The van der Waals surface area contributed by atoms with E-state index in [4.69, 9.17) is 9.47 Å². The van der Waals surface area contributed by atoms with Crippen LogP contribution in [0.25, 0.3) is 0 Å². The molecule has 2 saturated heterocycles. The van der Waals surface area contributed by atoms with E-state index < -0.39 is 12.0 Å². The van der Waals surface area contributed by atoms with E-state index in [2.05, 4.69) is 9.47 Å². The molecule has 2 aliphatic heterocycles. The molecule has 7 heteroatoms. The van der Waals surface area contributed by atoms with Crippen LogP contribution in [0.3, 0.4) is 0 Å². The third-order valence-corrected chi connectivity index (χ3v) is 3.26. The van der Waals surface area contributed by atoms with Gasteiger partial charge in [-0.05, 0) is 41.5 Å². The molecule has 0 bridgehead atoms. The largest absolute Gasteiger partial charge is 0.458 e. The molecule has 4 nitrogen and oxygen atoms in total. The van der Waals surface area contributed by atoms with Crippen LogP contribution in [-0.2, 0) is 18.9 Å². The number of hydrogen-bond donors (Lipinski definition) is 0. The van der Waals surface area contributed by atoms with Gasteiger partial charge in [0.1, 0.15) is 24.4 Å². The molecule has 0 unspecified atom stereocenters. The highest BCUT2D eigenvalue weighted by molar-refractivity contribution is 5.08. The second-order valence-electron chi connectivity index (χ2n) is 5.76. The Bertz CT molecular complexity index is 395. The SMILES string of the molecule is CC(C)=C1OC(C)(C)C(C)(C)O1.CF.FC(F)=C1OCCO1. The predicted octanol–water partition coefficient (Wildman–Crippen LogP) is 4.53. The summed E-state index contributed by atoms with van der Waals surface area (Å²) in [6.45, 7) is 12.6. The van der Waals surface area contributed by atoms with Gasteiger partial charge in [0.25, 0.3) is 5.95 Å². The van der Waals surface area contributed by atoms with Crippen molar-refractivity contribution < 1.29 is 32.1 Å². The van der Waals surface area contributed by atoms with Gasteiger partial charge in [-0.2, -0.15) is 8.78 Å². The van der Waals surface area contributed by atoms with Crippen molar-refractivity contribution in [1.29, 1.82) is 0 Å². The van der Waals surface area contributed by atoms with Crippen molar-refractivity contribution in [2.75, 3.05) is 20.4 Å². The minimum atomic E-state index is -1.89. The molecule has 130 valence electrons. The van der Waals surface area contributed by atoms with Gasteiger partial charge < -0.3 is 18.9 Å². The van der Waals surface area contributed by atoms with E-state index in [1.54, 1.807) is 0 Å². The Hall–Kier alpha value is -1.53. The fourth-order valence-corrected chi connectivity index (χ4v) is 1.35. The van der Waals surface area contributed by atoms with E-state index in [-0.39, 0.29) is 24.4 Å². The Balaban J connectivity index is 0.000000382. The second kappa shape index (κ2) is 8.19. The molecule has 2 fully saturated rings. The lowest BCUT2D eigenvalue weighted by Gasteiger charge is -2.28. The Morgan fingerprint density at radius 1 is 0.818 bits per heavy atom. The van der Waals surface area contributed by atoms with Crippen molar-refractivity contribution in [2.45, 2.75) is 52.7 Å². The Morgan fingerprint density at radius 2 is 1.18 bits per heavy atom. The smallest absolute Gasteiger partial charge is 0.350 e. The lowest BCUT2D eigenvalue weighted by Crippen LogP contribution is -2.41. The normalized spacial score (nSPS) is 20.1. The van der Waals surface area contributed by atoms with E-state index in [0.29, 0.717) is 13.1 Å². The third kappa shape index (κ3) is 5.35. The maximum Gasteiger partial charge on any atom is 0.350 e. The lowest BCUT2D eigenvalue weighted by molar-refractivity contribution is 0.00578. The zero-order chi connectivity index (χ0) is 17.6. The zero-order valence-corrected chi connectivity index (χ0v) is 14.2. The van der Waals surface area contributed by atoms with E-state index in [9.17, 15) is 13.2 Å². The monoisotopic (exact) mass is 326 g/mol. The lowest BCUT2D eigenvalue weighted by atomic mass is 9.90. The van der Waals surface area contributed by atoms with E-state index >= 15 is 0 Å². The number of halogens is 3. The Kier molecular flexibility index (Phi) is 7.62. The van der Waals surface area contributed by atoms with Gasteiger partial charge >= 0.3 is 12.0 Å². The van der Waals surface area contributed by atoms with Gasteiger partial charge in [0.15, 0.2) is 0 Å². The van der Waals surface area contributed by atoms with Crippen LogP contribution >= 0.6 is 0 Å². The minimum absolute atomic E-state index is 0.229. The fourth-order valence-electron chi connectivity index (χ4n) is 1.35. The summed E-state index contributed by atoms with van der Waals surface area (Å²) >= 11 is 0. The summed E-state index contributed by atoms with van der Waals surface area (Å²) in [5, 5.41) is 0. The van der Waals surface area contributed by atoms with Crippen LogP contribution in [-0.4, -0.2) is 31.6 Å². The van der Waals surface area contributed by atoms with Crippen molar-refractivity contribution in [3.63, 3.8) is 0 Å². The van der Waals surface area contributed by atoms with Crippen molar-refractivity contribution in [3.05, 3.63) is 23.5 Å². The first-order valence-corrected chi connectivity index (χ1v) is 6.81. The van der Waals surface area contributed by atoms with E-state index in [0.717, 1.165) is 5.57 Å². The van der Waals surface area contributed by atoms with Gasteiger partial charge in [0.05, 0.1) is 7.18 Å². The highest BCUT2D eigenvalue weighted by atomic mass is 19.3. The summed E-state index contributed by atoms with van der Waals surface area (Å²) in [6, 6.07) is 0. The first-order chi connectivity index (χ1) is 10.1. The van der Waals surface area contributed by atoms with E-state index in [1.165, 1.54) is 0 Å². The van der Waals surface area contributed by atoms with Crippen LogP contribution in [0.4, 0.5) is 13.2 Å². The van der Waals surface area contributed by atoms with Crippen molar-refractivity contribution >= 4 is 0 Å². The predicted molar refractivity (Wildman–Crippen MR) is 76.9 cm³/mol. The molecule has 0 aromatic rings. The molecule has 0 saturated carbocycles. The zero-order valence-electron chi connectivity index (χ0n) is 14.2. The standard InChI is InChI=1S/C10H18O2.C4H4F2O2.CH3F/c1-7(2)8-11-9(3,4)10(5,6)12-8;5-3(6)4-7-1-2-8-4;1-2/h1-6H3;1-2H2;1H3. The molecule has 2 rings (SSSR count). The Morgan fingerprint density at radius 3 is 1.36 bits per heavy atom. The van der Waals surface area contributed by atoms with Crippen LogP contribution in [0, 0.1) is 0 Å². The summed E-state index contributed by atoms with van der Waals surface area (Å²) in [6.07, 6.45) is -1.89. The molecular weight excluding hydrogens is 301 g/mol. The van der Waals surface area contributed by atoms with Crippen LogP contribution in [0.1, 0.15) is 41.5 Å². The maximum atomic E-state index is 11.4. The molecule has 0 aromatic carbocycles. The summed E-state index contributed by atoms with van der Waals surface area (Å²) in [5.74, 6) is 0.0648. The van der Waals surface area contributed by atoms with Crippen LogP contribution in [0.15, 0.2) is 23.5 Å². The molecule has 0 aromatic heterocycles. The third-order valence-electron chi connectivity index (χ3n) is 3.26. The summed E-state index contributed by atoms with van der Waals surface area (Å²) in [5.41, 5.74) is 0.618. The first kappa shape index (κ1) is 20.5. The number of rotatable bonds is 0.